The molecular formula is C30H48O5Si2. The van der Waals surface area contributed by atoms with Crippen molar-refractivity contribution in [3.63, 3.8) is 0 Å². The molecule has 37 heavy (non-hydrogen) atoms. The fourth-order valence-corrected chi connectivity index (χ4v) is 8.38. The van der Waals surface area contributed by atoms with Crippen LogP contribution in [0.4, 0.5) is 0 Å². The largest absolute Gasteiger partial charge is 0.508 e. The molecule has 3 aliphatic rings. The minimum Gasteiger partial charge on any atom is -0.508 e. The van der Waals surface area contributed by atoms with E-state index in [0.717, 1.165) is 22.3 Å². The van der Waals surface area contributed by atoms with E-state index in [-0.39, 0.29) is 27.5 Å². The van der Waals surface area contributed by atoms with Crippen molar-refractivity contribution in [3.05, 3.63) is 40.5 Å². The van der Waals surface area contributed by atoms with Gasteiger partial charge in [-0.25, -0.2) is 0 Å². The van der Waals surface area contributed by atoms with E-state index in [2.05, 4.69) is 81.6 Å². The highest BCUT2D eigenvalue weighted by atomic mass is 28.4. The van der Waals surface area contributed by atoms with Crippen LogP contribution in [0.1, 0.15) is 79.5 Å². The molecular weight excluding hydrogens is 496 g/mol. The van der Waals surface area contributed by atoms with Crippen molar-refractivity contribution in [1.82, 2.24) is 0 Å². The molecule has 206 valence electrons. The van der Waals surface area contributed by atoms with Crippen LogP contribution in [0, 0.1) is 17.3 Å². The van der Waals surface area contributed by atoms with Crippen molar-refractivity contribution < 1.29 is 23.5 Å². The lowest BCUT2D eigenvalue weighted by atomic mass is 9.54. The molecule has 0 spiro atoms. The summed E-state index contributed by atoms with van der Waals surface area (Å²) in [6.45, 7) is 29.2. The average Bonchev–Trinajstić information content (AvgIpc) is 3.22. The molecule has 1 fully saturated rings. The second-order valence-corrected chi connectivity index (χ2v) is 24.6. The zero-order chi connectivity index (χ0) is 28.1. The molecule has 4 atom stereocenters. The van der Waals surface area contributed by atoms with Gasteiger partial charge in [-0.1, -0.05) is 67.5 Å². The Morgan fingerprint density at radius 2 is 1.57 bits per heavy atom. The highest BCUT2D eigenvalue weighted by molar-refractivity contribution is 6.74. The Balaban J connectivity index is 1.88. The van der Waals surface area contributed by atoms with Crippen LogP contribution >= 0.6 is 0 Å². The maximum absolute atomic E-state index is 14.1. The van der Waals surface area contributed by atoms with Crippen LogP contribution < -0.4 is 0 Å². The van der Waals surface area contributed by atoms with Crippen LogP contribution in [0.25, 0.3) is 0 Å². The maximum Gasteiger partial charge on any atom is 0.196 e. The Hall–Kier alpha value is -1.26. The number of fused-ring (bicyclic) bond motifs is 8. The first kappa shape index (κ1) is 28.7. The van der Waals surface area contributed by atoms with Crippen LogP contribution in [0.2, 0.25) is 36.3 Å². The summed E-state index contributed by atoms with van der Waals surface area (Å²) in [5.41, 5.74) is 3.03. The van der Waals surface area contributed by atoms with Crippen molar-refractivity contribution in [3.8, 4) is 5.75 Å². The molecule has 4 rings (SSSR count). The van der Waals surface area contributed by atoms with Gasteiger partial charge in [0.1, 0.15) is 11.9 Å². The van der Waals surface area contributed by atoms with Crippen LogP contribution in [-0.2, 0) is 24.2 Å². The Labute approximate surface area is 226 Å². The second-order valence-electron chi connectivity index (χ2n) is 15.0. The Kier molecular flexibility index (Phi) is 6.50. The summed E-state index contributed by atoms with van der Waals surface area (Å²) in [6, 6.07) is 5.58. The van der Waals surface area contributed by atoms with Crippen molar-refractivity contribution in [2.24, 2.45) is 17.3 Å². The van der Waals surface area contributed by atoms with Gasteiger partial charge in [-0.2, -0.15) is 0 Å². The van der Waals surface area contributed by atoms with Gasteiger partial charge < -0.3 is 18.7 Å². The number of rotatable bonds is 5. The number of ether oxygens (including phenoxy) is 1. The second kappa shape index (κ2) is 8.37. The molecule has 0 radical (unpaired) electrons. The number of phenols is 1. The quantitative estimate of drug-likeness (QED) is 0.383. The minimum atomic E-state index is -2.35. The van der Waals surface area contributed by atoms with E-state index in [1.165, 1.54) is 0 Å². The lowest BCUT2D eigenvalue weighted by Gasteiger charge is -2.53. The number of phenolic OH excluding ortho intramolecular Hbond substituents is 1. The number of carbonyl (C=O) groups excluding carboxylic acids is 1. The standard InChI is InChI=1S/C30H48O5Si2/c1-18-20(17-33-36(10,11)27(2,3)4)29(8,9)26-23(24(18)32)25-22-19(15-14-16-21(22)31)30(26,34-25)35-37(12,13)28(5,6)7/h14-16,23,25-26,31H,17H2,1-13H3/t23-,25+,26+,30?/m1/s1. The Bertz CT molecular complexity index is 1150. The van der Waals surface area contributed by atoms with E-state index in [1.807, 2.05) is 19.1 Å². The topological polar surface area (TPSA) is 65.0 Å². The first-order valence-corrected chi connectivity index (χ1v) is 19.5. The first-order chi connectivity index (χ1) is 16.6. The number of allylic oxidation sites excluding steroid dienone is 1. The molecule has 2 bridgehead atoms. The zero-order valence-corrected chi connectivity index (χ0v) is 27.3. The van der Waals surface area contributed by atoms with Crippen molar-refractivity contribution in [1.29, 1.82) is 0 Å². The average molecular weight is 545 g/mol. The summed E-state index contributed by atoms with van der Waals surface area (Å²) >= 11 is 0. The molecule has 2 heterocycles. The molecule has 7 heteroatoms. The third kappa shape index (κ3) is 4.06. The van der Waals surface area contributed by atoms with E-state index >= 15 is 0 Å². The van der Waals surface area contributed by atoms with Crippen LogP contribution in [0.15, 0.2) is 29.3 Å². The van der Waals surface area contributed by atoms with E-state index in [4.69, 9.17) is 13.6 Å². The molecule has 1 saturated heterocycles. The number of aromatic hydroxyl groups is 1. The van der Waals surface area contributed by atoms with E-state index in [9.17, 15) is 9.90 Å². The molecule has 1 N–H and O–H groups in total. The molecule has 2 aliphatic heterocycles. The molecule has 0 aromatic heterocycles. The van der Waals surface area contributed by atoms with E-state index < -0.39 is 39.9 Å². The summed E-state index contributed by atoms with van der Waals surface area (Å²) < 4.78 is 20.8. The summed E-state index contributed by atoms with van der Waals surface area (Å²) in [6.07, 6.45) is -0.518. The van der Waals surface area contributed by atoms with Crippen molar-refractivity contribution >= 4 is 22.4 Å². The normalized spacial score (nSPS) is 29.5. The lowest BCUT2D eigenvalue weighted by Crippen LogP contribution is -2.57. The molecule has 0 saturated carbocycles. The van der Waals surface area contributed by atoms with Crippen LogP contribution in [0.3, 0.4) is 0 Å². The fraction of sp³-hybridized carbons (Fsp3) is 0.700. The number of hydrogen-bond donors (Lipinski definition) is 1. The molecule has 1 aromatic rings. The number of carbonyl (C=O) groups is 1. The van der Waals surface area contributed by atoms with Gasteiger partial charge in [0.05, 0.1) is 12.5 Å². The predicted molar refractivity (Wildman–Crippen MR) is 154 cm³/mol. The highest BCUT2D eigenvalue weighted by Crippen LogP contribution is 2.71. The van der Waals surface area contributed by atoms with Crippen LogP contribution in [0.5, 0.6) is 5.75 Å². The summed E-state index contributed by atoms with van der Waals surface area (Å²) in [5, 5.41) is 11.0. The lowest BCUT2D eigenvalue weighted by molar-refractivity contribution is -0.209. The number of ketones is 1. The molecule has 1 aromatic carbocycles. The van der Waals surface area contributed by atoms with Gasteiger partial charge in [0, 0.05) is 17.0 Å². The first-order valence-electron chi connectivity index (χ1n) is 13.7. The predicted octanol–water partition coefficient (Wildman–Crippen LogP) is 7.83. The molecule has 1 aliphatic carbocycles. The summed E-state index contributed by atoms with van der Waals surface area (Å²) in [4.78, 5) is 14.1. The number of benzene rings is 1. The van der Waals surface area contributed by atoms with Gasteiger partial charge in [-0.15, -0.1) is 0 Å². The Morgan fingerprint density at radius 3 is 2.11 bits per heavy atom. The number of hydrogen-bond acceptors (Lipinski definition) is 5. The maximum atomic E-state index is 14.1. The molecule has 5 nitrogen and oxygen atoms in total. The van der Waals surface area contributed by atoms with Gasteiger partial charge in [-0.3, -0.25) is 4.79 Å². The SMILES string of the molecule is CC1=C(CO[Si](C)(C)C(C)(C)C)C(C)(C)[C@@H]2[C@H](C1=O)[C@H]1OC2(O[Si](C)(C)C(C)(C)C)c2cccc(O)c21. The molecule has 1 unspecified atom stereocenters. The van der Waals surface area contributed by atoms with Gasteiger partial charge in [-0.05, 0) is 65.8 Å². The third-order valence-electron chi connectivity index (χ3n) is 10.4. The minimum absolute atomic E-state index is 0.0544. The fourth-order valence-electron chi connectivity index (χ4n) is 6.09. The smallest absolute Gasteiger partial charge is 0.196 e. The van der Waals surface area contributed by atoms with Crippen molar-refractivity contribution in [2.45, 2.75) is 110 Å². The van der Waals surface area contributed by atoms with Gasteiger partial charge >= 0.3 is 0 Å². The van der Waals surface area contributed by atoms with E-state index in [1.54, 1.807) is 6.07 Å². The third-order valence-corrected chi connectivity index (χ3v) is 19.3. The molecule has 0 amide bonds. The van der Waals surface area contributed by atoms with Crippen LogP contribution in [-0.4, -0.2) is 34.1 Å². The van der Waals surface area contributed by atoms with E-state index in [0.29, 0.717) is 6.61 Å². The number of Topliss-reactive ketones (excluding diaryl/α,β-unsaturated/α-hetero) is 1. The summed E-state index contributed by atoms with van der Waals surface area (Å²) in [5.74, 6) is -1.44. The summed E-state index contributed by atoms with van der Waals surface area (Å²) in [7, 11) is -4.39. The monoisotopic (exact) mass is 544 g/mol. The van der Waals surface area contributed by atoms with Gasteiger partial charge in [0.25, 0.3) is 0 Å². The Morgan fingerprint density at radius 1 is 1.00 bits per heavy atom. The zero-order valence-electron chi connectivity index (χ0n) is 25.3. The van der Waals surface area contributed by atoms with Crippen molar-refractivity contribution in [2.75, 3.05) is 6.61 Å². The van der Waals surface area contributed by atoms with Gasteiger partial charge in [0.15, 0.2) is 28.2 Å². The van der Waals surface area contributed by atoms with Gasteiger partial charge in [0.2, 0.25) is 0 Å². The highest BCUT2D eigenvalue weighted by Gasteiger charge is 2.72.